The Morgan fingerprint density at radius 2 is 2.40 bits per heavy atom. The fraction of sp³-hybridized carbons (Fsp3) is 0.750. The minimum absolute atomic E-state index is 0.209. The first-order valence-corrected chi connectivity index (χ1v) is 2.74. The number of carbonyl (C=O) groups excluding carboxylic acids is 1. The number of nitrogens with two attached hydrogens (primary N) is 2. The maximum absolute atomic E-state index is 10.3. The van der Waals surface area contributed by atoms with Gasteiger partial charge in [-0.3, -0.25) is 4.79 Å². The first-order valence-electron chi connectivity index (χ1n) is 2.74. The average molecular weight is 143 g/mol. The fourth-order valence-electron chi connectivity index (χ4n) is 0.384. The van der Waals surface area contributed by atoms with Crippen LogP contribution in [0.25, 0.3) is 10.4 Å². The van der Waals surface area contributed by atoms with E-state index in [2.05, 4.69) is 10.0 Å². The Balaban J connectivity index is 3.48. The van der Waals surface area contributed by atoms with Crippen molar-refractivity contribution in [2.45, 2.75) is 12.5 Å². The van der Waals surface area contributed by atoms with E-state index in [0.717, 1.165) is 0 Å². The topological polar surface area (TPSA) is 118 Å². The largest absolute Gasteiger partial charge is 0.368 e. The van der Waals surface area contributed by atoms with Crippen molar-refractivity contribution < 1.29 is 4.79 Å². The van der Waals surface area contributed by atoms with Crippen LogP contribution in [-0.2, 0) is 4.79 Å². The molecule has 0 spiro atoms. The monoisotopic (exact) mass is 143 g/mol. The molecule has 1 amide bonds. The Morgan fingerprint density at radius 1 is 1.80 bits per heavy atom. The van der Waals surface area contributed by atoms with Gasteiger partial charge in [0.2, 0.25) is 5.91 Å². The van der Waals surface area contributed by atoms with Gasteiger partial charge in [-0.1, -0.05) is 5.11 Å². The van der Waals surface area contributed by atoms with Crippen molar-refractivity contribution in [3.63, 3.8) is 0 Å². The van der Waals surface area contributed by atoms with Crippen LogP contribution in [-0.4, -0.2) is 18.5 Å². The predicted molar refractivity (Wildman–Crippen MR) is 35.8 cm³/mol. The van der Waals surface area contributed by atoms with Gasteiger partial charge >= 0.3 is 0 Å². The number of primary amides is 1. The quantitative estimate of drug-likeness (QED) is 0.313. The van der Waals surface area contributed by atoms with Crippen molar-refractivity contribution in [3.05, 3.63) is 10.4 Å². The van der Waals surface area contributed by atoms with E-state index in [4.69, 9.17) is 17.0 Å². The molecule has 0 saturated carbocycles. The second kappa shape index (κ2) is 4.60. The van der Waals surface area contributed by atoms with E-state index in [1.54, 1.807) is 0 Å². The van der Waals surface area contributed by atoms with Crippen molar-refractivity contribution in [1.82, 2.24) is 0 Å². The van der Waals surface area contributed by atoms with Crippen LogP contribution in [0.2, 0.25) is 0 Å². The van der Waals surface area contributed by atoms with Crippen LogP contribution in [0.5, 0.6) is 0 Å². The summed E-state index contributed by atoms with van der Waals surface area (Å²) in [7, 11) is 0. The number of nitrogens with zero attached hydrogens (tertiary/aromatic N) is 3. The van der Waals surface area contributed by atoms with Gasteiger partial charge in [-0.05, 0) is 12.0 Å². The molecule has 0 heterocycles. The molecule has 0 radical (unpaired) electrons. The standard InChI is InChI=1S/C4H9N5O/c5-3(4(6)10)1-2-8-9-7/h3H,1-2,5H2,(H2,6,10). The van der Waals surface area contributed by atoms with Crippen LogP contribution >= 0.6 is 0 Å². The number of hydrogen-bond acceptors (Lipinski definition) is 3. The summed E-state index contributed by atoms with van der Waals surface area (Å²) in [6.45, 7) is 0.209. The molecule has 0 fully saturated rings. The van der Waals surface area contributed by atoms with E-state index in [1.807, 2.05) is 0 Å². The molecule has 1 atom stereocenters. The lowest BCUT2D eigenvalue weighted by atomic mass is 10.2. The molecule has 0 aromatic carbocycles. The normalized spacial score (nSPS) is 11.7. The molecular formula is C4H9N5O. The maximum atomic E-state index is 10.3. The van der Waals surface area contributed by atoms with E-state index in [-0.39, 0.29) is 6.54 Å². The smallest absolute Gasteiger partial charge is 0.234 e. The van der Waals surface area contributed by atoms with Crippen LogP contribution < -0.4 is 11.5 Å². The van der Waals surface area contributed by atoms with Crippen molar-refractivity contribution in [1.29, 1.82) is 0 Å². The summed E-state index contributed by atoms with van der Waals surface area (Å²) in [6.07, 6.45) is 0.305. The zero-order chi connectivity index (χ0) is 7.98. The van der Waals surface area contributed by atoms with Gasteiger partial charge in [0.1, 0.15) is 0 Å². The second-order valence-corrected chi connectivity index (χ2v) is 1.75. The third-order valence-corrected chi connectivity index (χ3v) is 0.969. The number of azide groups is 1. The van der Waals surface area contributed by atoms with E-state index in [1.165, 1.54) is 0 Å². The van der Waals surface area contributed by atoms with Gasteiger partial charge in [-0.15, -0.1) is 0 Å². The highest BCUT2D eigenvalue weighted by Gasteiger charge is 2.06. The van der Waals surface area contributed by atoms with E-state index in [9.17, 15) is 4.79 Å². The number of amides is 1. The summed E-state index contributed by atoms with van der Waals surface area (Å²) in [5.41, 5.74) is 17.8. The predicted octanol–water partition coefficient (Wildman–Crippen LogP) is -0.501. The summed E-state index contributed by atoms with van der Waals surface area (Å²) >= 11 is 0. The molecular weight excluding hydrogens is 134 g/mol. The molecule has 6 nitrogen and oxygen atoms in total. The Bertz CT molecular complexity index is 161. The summed E-state index contributed by atoms with van der Waals surface area (Å²) in [5.74, 6) is -0.576. The highest BCUT2D eigenvalue weighted by atomic mass is 16.1. The van der Waals surface area contributed by atoms with E-state index >= 15 is 0 Å². The summed E-state index contributed by atoms with van der Waals surface area (Å²) < 4.78 is 0. The molecule has 0 aromatic heterocycles. The molecule has 0 rings (SSSR count). The van der Waals surface area contributed by atoms with Crippen molar-refractivity contribution in [3.8, 4) is 0 Å². The van der Waals surface area contributed by atoms with Gasteiger partial charge in [-0.2, -0.15) is 0 Å². The summed E-state index contributed by atoms with van der Waals surface area (Å²) in [5, 5.41) is 3.19. The minimum Gasteiger partial charge on any atom is -0.368 e. The fourth-order valence-corrected chi connectivity index (χ4v) is 0.384. The number of hydrogen-bond donors (Lipinski definition) is 2. The molecule has 0 aliphatic carbocycles. The molecule has 1 unspecified atom stereocenters. The van der Waals surface area contributed by atoms with Gasteiger partial charge in [0.15, 0.2) is 0 Å². The Labute approximate surface area is 57.8 Å². The lowest BCUT2D eigenvalue weighted by Crippen LogP contribution is -2.36. The molecule has 0 bridgehead atoms. The van der Waals surface area contributed by atoms with Crippen molar-refractivity contribution in [2.75, 3.05) is 6.54 Å². The van der Waals surface area contributed by atoms with Crippen LogP contribution in [0.4, 0.5) is 0 Å². The van der Waals surface area contributed by atoms with Gasteiger partial charge in [-0.25, -0.2) is 0 Å². The number of carbonyl (C=O) groups is 1. The molecule has 56 valence electrons. The first kappa shape index (κ1) is 8.74. The maximum Gasteiger partial charge on any atom is 0.234 e. The Morgan fingerprint density at radius 3 is 2.80 bits per heavy atom. The minimum atomic E-state index is -0.703. The molecule has 0 aromatic rings. The average Bonchev–Trinajstić information content (AvgIpc) is 1.88. The van der Waals surface area contributed by atoms with Crippen LogP contribution in [0, 0.1) is 0 Å². The number of rotatable bonds is 4. The lowest BCUT2D eigenvalue weighted by molar-refractivity contribution is -0.119. The molecule has 0 aliphatic rings. The highest BCUT2D eigenvalue weighted by molar-refractivity contribution is 5.79. The van der Waals surface area contributed by atoms with Crippen molar-refractivity contribution in [2.24, 2.45) is 16.6 Å². The zero-order valence-electron chi connectivity index (χ0n) is 5.40. The second-order valence-electron chi connectivity index (χ2n) is 1.75. The van der Waals surface area contributed by atoms with Crippen molar-refractivity contribution >= 4 is 5.91 Å². The lowest BCUT2D eigenvalue weighted by Gasteiger charge is -2.01. The Hall–Kier alpha value is -1.26. The molecule has 0 saturated heterocycles. The Kier molecular flexibility index (Phi) is 4.02. The van der Waals surface area contributed by atoms with Crippen LogP contribution in [0.15, 0.2) is 5.11 Å². The van der Waals surface area contributed by atoms with E-state index in [0.29, 0.717) is 6.42 Å². The molecule has 4 N–H and O–H groups in total. The SMILES string of the molecule is [N-]=[N+]=NCCC(N)C(N)=O. The van der Waals surface area contributed by atoms with Gasteiger partial charge in [0.25, 0.3) is 0 Å². The highest BCUT2D eigenvalue weighted by Crippen LogP contribution is 1.86. The van der Waals surface area contributed by atoms with Gasteiger partial charge in [0.05, 0.1) is 6.04 Å². The molecule has 10 heavy (non-hydrogen) atoms. The third-order valence-electron chi connectivity index (χ3n) is 0.969. The van der Waals surface area contributed by atoms with E-state index < -0.39 is 11.9 Å². The molecule has 6 heteroatoms. The third kappa shape index (κ3) is 3.71. The first-order chi connectivity index (χ1) is 4.68. The van der Waals surface area contributed by atoms with Crippen LogP contribution in [0.1, 0.15) is 6.42 Å². The van der Waals surface area contributed by atoms with Crippen LogP contribution in [0.3, 0.4) is 0 Å². The zero-order valence-corrected chi connectivity index (χ0v) is 5.40. The van der Waals surface area contributed by atoms with Gasteiger partial charge < -0.3 is 11.5 Å². The summed E-state index contributed by atoms with van der Waals surface area (Å²) in [4.78, 5) is 12.7. The van der Waals surface area contributed by atoms with Gasteiger partial charge in [0, 0.05) is 11.5 Å². The summed E-state index contributed by atoms with van der Waals surface area (Å²) in [6, 6.07) is -0.703. The molecule has 0 aliphatic heterocycles.